The van der Waals surface area contributed by atoms with Gasteiger partial charge in [0.15, 0.2) is 0 Å². The number of carbonyl (C=O) groups excluding carboxylic acids is 2. The lowest BCUT2D eigenvalue weighted by atomic mass is 9.93. The van der Waals surface area contributed by atoms with E-state index in [0.717, 1.165) is 73.2 Å². The minimum atomic E-state index is -0.682. The number of carbonyl (C=O) groups is 2. The summed E-state index contributed by atoms with van der Waals surface area (Å²) in [5, 5.41) is 11.8. The molecule has 74 heavy (non-hydrogen) atoms. The number of hydrogen-bond acceptors (Lipinski definition) is 15. The Bertz CT molecular complexity index is 2310. The van der Waals surface area contributed by atoms with E-state index in [2.05, 4.69) is 145 Å². The summed E-state index contributed by atoms with van der Waals surface area (Å²) >= 11 is 19.3. The second kappa shape index (κ2) is 31.4. The van der Waals surface area contributed by atoms with Crippen molar-refractivity contribution >= 4 is 102 Å². The van der Waals surface area contributed by atoms with Gasteiger partial charge in [-0.25, -0.2) is 0 Å². The van der Waals surface area contributed by atoms with Crippen molar-refractivity contribution in [2.75, 3.05) is 35.8 Å². The Morgan fingerprint density at radius 3 is 2.14 bits per heavy atom. The lowest BCUT2D eigenvalue weighted by Gasteiger charge is -2.41. The summed E-state index contributed by atoms with van der Waals surface area (Å²) in [5.74, 6) is 2.46. The first-order valence-corrected chi connectivity index (χ1v) is 32.8. The van der Waals surface area contributed by atoms with Crippen LogP contribution in [0.15, 0.2) is 121 Å². The summed E-state index contributed by atoms with van der Waals surface area (Å²) in [7, 11) is 0. The third-order valence-corrected chi connectivity index (χ3v) is 21.7. The minimum absolute atomic E-state index is 0.0175. The zero-order chi connectivity index (χ0) is 52.9. The smallest absolute Gasteiger partial charge is 0.323 e. The van der Waals surface area contributed by atoms with Gasteiger partial charge < -0.3 is 15.2 Å². The molecule has 0 radical (unpaired) electrons. The first-order chi connectivity index (χ1) is 35.7. The van der Waals surface area contributed by atoms with E-state index in [4.69, 9.17) is 40.5 Å². The number of ether oxygens (including phenoxy) is 2. The minimum Gasteiger partial charge on any atom is -0.461 e. The van der Waals surface area contributed by atoms with Crippen LogP contribution >= 0.6 is 84.1 Å². The van der Waals surface area contributed by atoms with Gasteiger partial charge in [0.1, 0.15) is 21.9 Å². The molecule has 1 aliphatic carbocycles. The lowest BCUT2D eigenvalue weighted by molar-refractivity contribution is -0.156. The first-order valence-electron chi connectivity index (χ1n) is 26.4. The van der Waals surface area contributed by atoms with Gasteiger partial charge in [-0.15, -0.1) is 47.0 Å². The fraction of sp³-hybridized carbons (Fsp3) is 0.525. The van der Waals surface area contributed by atoms with Crippen LogP contribution in [-0.2, 0) is 19.1 Å². The van der Waals surface area contributed by atoms with Gasteiger partial charge in [-0.05, 0) is 118 Å². The average molecular weight is 1140 g/mol. The van der Waals surface area contributed by atoms with Gasteiger partial charge in [-0.3, -0.25) is 25.5 Å². The Labute approximate surface area is 476 Å². The monoisotopic (exact) mass is 1130 g/mol. The van der Waals surface area contributed by atoms with E-state index in [1.54, 1.807) is 23.5 Å². The SMILES string of the molecule is CC/C=C(/C[C@H](N[C@H](SC(CS)c1ccccc1)[C@H](CCSC)N[C@@H](SCC(S)c1ccccc1)[C@H](CC(=O)OC(C)(C)C)N[C@]1(CN)SCC(c2ccccc2)S1)C(=O)OC1CCCCC1)c1ccccc1C. The Morgan fingerprint density at radius 1 is 0.865 bits per heavy atom. The van der Waals surface area contributed by atoms with Gasteiger partial charge in [0.2, 0.25) is 0 Å². The highest BCUT2D eigenvalue weighted by molar-refractivity contribution is 8.21. The molecule has 0 bridgehead atoms. The van der Waals surface area contributed by atoms with Gasteiger partial charge >= 0.3 is 11.9 Å². The summed E-state index contributed by atoms with van der Waals surface area (Å²) in [6.07, 6.45) is 11.5. The highest BCUT2D eigenvalue weighted by Gasteiger charge is 2.45. The topological polar surface area (TPSA) is 115 Å². The van der Waals surface area contributed by atoms with E-state index in [1.807, 2.05) is 68.2 Å². The number of benzene rings is 4. The van der Waals surface area contributed by atoms with Gasteiger partial charge in [-0.2, -0.15) is 37.0 Å². The third-order valence-electron chi connectivity index (χ3n) is 13.3. The zero-order valence-electron chi connectivity index (χ0n) is 44.3. The molecule has 8 nitrogen and oxygen atoms in total. The molecule has 6 rings (SSSR count). The Balaban J connectivity index is 1.46. The summed E-state index contributed by atoms with van der Waals surface area (Å²) in [4.78, 5) is 29.4. The van der Waals surface area contributed by atoms with Crippen molar-refractivity contribution < 1.29 is 19.1 Å². The van der Waals surface area contributed by atoms with Crippen LogP contribution in [0.25, 0.3) is 5.57 Å². The molecule has 15 heteroatoms. The molecule has 4 aromatic carbocycles. The van der Waals surface area contributed by atoms with Crippen LogP contribution in [-0.4, -0.2) is 92.5 Å². The molecule has 2 fully saturated rings. The van der Waals surface area contributed by atoms with Crippen molar-refractivity contribution in [2.24, 2.45) is 5.73 Å². The molecule has 1 saturated carbocycles. The van der Waals surface area contributed by atoms with Crippen molar-refractivity contribution in [3.63, 3.8) is 0 Å². The third kappa shape index (κ3) is 19.3. The molecule has 5 N–H and O–H groups in total. The fourth-order valence-electron chi connectivity index (χ4n) is 9.55. The maximum atomic E-state index is 15.1. The lowest BCUT2D eigenvalue weighted by Crippen LogP contribution is -2.61. The number of aryl methyl sites for hydroxylation is 1. The van der Waals surface area contributed by atoms with Gasteiger partial charge in [-0.1, -0.05) is 135 Å². The van der Waals surface area contributed by atoms with E-state index in [1.165, 1.54) is 16.7 Å². The molecule has 9 atom stereocenters. The number of nitrogens with two attached hydrogens (primary N) is 1. The highest BCUT2D eigenvalue weighted by atomic mass is 32.2. The van der Waals surface area contributed by atoms with Crippen LogP contribution in [0, 0.1) is 6.92 Å². The van der Waals surface area contributed by atoms with Crippen molar-refractivity contribution in [3.8, 4) is 0 Å². The van der Waals surface area contributed by atoms with E-state index in [9.17, 15) is 4.79 Å². The number of thioether (sulfide) groups is 5. The molecule has 1 saturated heterocycles. The van der Waals surface area contributed by atoms with Gasteiger partial charge in [0.05, 0.1) is 17.2 Å². The van der Waals surface area contributed by atoms with Gasteiger partial charge in [0, 0.05) is 51.6 Å². The number of nitrogens with one attached hydrogen (secondary N) is 3. The van der Waals surface area contributed by atoms with Crippen molar-refractivity contribution in [1.29, 1.82) is 0 Å². The number of allylic oxidation sites excluding steroid dienone is 1. The highest BCUT2D eigenvalue weighted by Crippen LogP contribution is 2.53. The summed E-state index contributed by atoms with van der Waals surface area (Å²) in [5.41, 5.74) is 13.2. The van der Waals surface area contributed by atoms with E-state index < -0.39 is 21.9 Å². The Kier molecular flexibility index (Phi) is 25.9. The molecule has 0 spiro atoms. The van der Waals surface area contributed by atoms with Crippen LogP contribution in [0.1, 0.15) is 129 Å². The molecule has 404 valence electrons. The molecule has 1 heterocycles. The zero-order valence-corrected chi connectivity index (χ0v) is 50.2. The second-order valence-electron chi connectivity index (χ2n) is 20.3. The van der Waals surface area contributed by atoms with Crippen LogP contribution in [0.5, 0.6) is 0 Å². The standard InChI is InChI=1S/C59H82N4O4S7/c1-7-22-45(47-32-21-20-23-41(47)2)35-50(57(65)66-46-30-18-11-19-31-46)62-56(73-52(37-68)43-26-14-9-15-27-43)48(33-34-70-6)61-55(71-38-51(69)42-24-12-8-13-25-42)49(36-54(64)67-58(3,4)5)63-59(40-60)72-39-53(74-59)44-28-16-10-17-29-44/h8-10,12-17,20-29,32,46,48-53,55-56,61-63,68-69H,7,11,18-19,30-31,33-40,60H2,1-6H3/b45-22-/t48-,49-,50-,51?,52?,53?,55-,56+,59+/m0/s1. The van der Waals surface area contributed by atoms with Crippen LogP contribution < -0.4 is 21.7 Å². The number of hydrogen-bond donors (Lipinski definition) is 6. The molecule has 0 aromatic heterocycles. The first kappa shape index (κ1) is 61.1. The van der Waals surface area contributed by atoms with E-state index in [-0.39, 0.29) is 57.0 Å². The fourth-order valence-corrected chi connectivity index (χ4v) is 16.9. The predicted molar refractivity (Wildman–Crippen MR) is 331 cm³/mol. The summed E-state index contributed by atoms with van der Waals surface area (Å²) < 4.78 is 12.1. The predicted octanol–water partition coefficient (Wildman–Crippen LogP) is 13.7. The van der Waals surface area contributed by atoms with Crippen LogP contribution in [0.2, 0.25) is 0 Å². The maximum absolute atomic E-state index is 15.1. The van der Waals surface area contributed by atoms with Crippen LogP contribution in [0.3, 0.4) is 0 Å². The second-order valence-corrected chi connectivity index (χ2v) is 27.8. The molecular formula is C59H82N4O4S7. The van der Waals surface area contributed by atoms with Crippen molar-refractivity contribution in [3.05, 3.63) is 149 Å². The number of esters is 2. The summed E-state index contributed by atoms with van der Waals surface area (Å²) in [6.45, 7) is 10.4. The normalized spacial score (nSPS) is 20.5. The average Bonchev–Trinajstić information content (AvgIpc) is 3.84. The molecule has 4 aromatic rings. The molecule has 0 amide bonds. The van der Waals surface area contributed by atoms with Crippen LogP contribution in [0.4, 0.5) is 0 Å². The molecule has 2 aliphatic rings. The van der Waals surface area contributed by atoms with E-state index in [0.29, 0.717) is 24.5 Å². The number of thiol groups is 2. The quantitative estimate of drug-likeness (QED) is 0.0176. The maximum Gasteiger partial charge on any atom is 0.323 e. The Hall–Kier alpha value is -2.15. The molecule has 1 aliphatic heterocycles. The van der Waals surface area contributed by atoms with Gasteiger partial charge in [0.25, 0.3) is 0 Å². The van der Waals surface area contributed by atoms with Crippen molar-refractivity contribution in [2.45, 2.75) is 153 Å². The molecular weight excluding hydrogens is 1050 g/mol. The molecule has 3 unspecified atom stereocenters. The largest absolute Gasteiger partial charge is 0.461 e. The van der Waals surface area contributed by atoms with E-state index >= 15 is 4.79 Å². The Morgan fingerprint density at radius 2 is 1.51 bits per heavy atom. The van der Waals surface area contributed by atoms with Crippen molar-refractivity contribution in [1.82, 2.24) is 16.0 Å². The summed E-state index contributed by atoms with van der Waals surface area (Å²) in [6, 6.07) is 38.7. The number of rotatable bonds is 29.